The van der Waals surface area contributed by atoms with E-state index in [1.807, 2.05) is 13.8 Å². The van der Waals surface area contributed by atoms with Crippen molar-refractivity contribution in [1.82, 2.24) is 0 Å². The molecule has 0 saturated carbocycles. The Balaban J connectivity index is 2.89. The van der Waals surface area contributed by atoms with Crippen molar-refractivity contribution in [3.05, 3.63) is 17.4 Å². The van der Waals surface area contributed by atoms with Crippen LogP contribution in [0.1, 0.15) is 42.3 Å². The Morgan fingerprint density at radius 3 is 2.53 bits per heavy atom. The minimum atomic E-state index is -0.610. The molecule has 6 nitrogen and oxygen atoms in total. The summed E-state index contributed by atoms with van der Waals surface area (Å²) in [6.07, 6.45) is 0.113. The molecule has 19 heavy (non-hydrogen) atoms. The van der Waals surface area contributed by atoms with E-state index >= 15 is 0 Å². The van der Waals surface area contributed by atoms with E-state index in [4.69, 9.17) is 13.9 Å². The van der Waals surface area contributed by atoms with Crippen LogP contribution in [-0.2, 0) is 14.3 Å². The number of carbonyl (C=O) groups excluding carboxylic acids is 2. The van der Waals surface area contributed by atoms with Crippen molar-refractivity contribution in [3.63, 3.8) is 0 Å². The van der Waals surface area contributed by atoms with Gasteiger partial charge in [-0.15, -0.1) is 0 Å². The molecule has 0 unspecified atom stereocenters. The van der Waals surface area contributed by atoms with Gasteiger partial charge in [-0.25, -0.2) is 4.79 Å². The maximum atomic E-state index is 11.5. The second-order valence-corrected chi connectivity index (χ2v) is 4.22. The van der Waals surface area contributed by atoms with Crippen LogP contribution in [0, 0.1) is 0 Å². The second-order valence-electron chi connectivity index (χ2n) is 4.22. The highest BCUT2D eigenvalue weighted by atomic mass is 16.6. The highest BCUT2D eigenvalue weighted by molar-refractivity contribution is 5.87. The third kappa shape index (κ3) is 4.10. The molecular formula is C13H18O6. The Bertz CT molecular complexity index is 446. The van der Waals surface area contributed by atoms with Crippen LogP contribution >= 0.6 is 0 Å². The van der Waals surface area contributed by atoms with Crippen molar-refractivity contribution in [2.75, 3.05) is 20.8 Å². The topological polar surface area (TPSA) is 75.0 Å². The van der Waals surface area contributed by atoms with Gasteiger partial charge in [-0.1, -0.05) is 13.8 Å². The highest BCUT2D eigenvalue weighted by Crippen LogP contribution is 2.31. The number of rotatable bonds is 6. The van der Waals surface area contributed by atoms with E-state index in [9.17, 15) is 9.59 Å². The first kappa shape index (κ1) is 15.2. The van der Waals surface area contributed by atoms with Gasteiger partial charge in [0.05, 0.1) is 20.1 Å². The molecule has 0 aliphatic rings. The van der Waals surface area contributed by atoms with Crippen LogP contribution < -0.4 is 4.74 Å². The van der Waals surface area contributed by atoms with Gasteiger partial charge in [-0.3, -0.25) is 4.79 Å². The normalized spacial score (nSPS) is 10.6. The van der Waals surface area contributed by atoms with Crippen LogP contribution in [-0.4, -0.2) is 32.8 Å². The Morgan fingerprint density at radius 1 is 1.32 bits per heavy atom. The van der Waals surface area contributed by atoms with E-state index in [1.54, 1.807) is 0 Å². The van der Waals surface area contributed by atoms with E-state index in [1.165, 1.54) is 20.3 Å². The summed E-state index contributed by atoms with van der Waals surface area (Å²) in [6, 6.07) is 1.52. The maximum Gasteiger partial charge on any atom is 0.374 e. The van der Waals surface area contributed by atoms with Crippen LogP contribution in [0.5, 0.6) is 5.95 Å². The molecule has 0 aromatic carbocycles. The summed E-state index contributed by atoms with van der Waals surface area (Å²) in [7, 11) is 2.75. The van der Waals surface area contributed by atoms with Crippen LogP contribution in [0.25, 0.3) is 0 Å². The molecule has 1 heterocycles. The number of hydrogen-bond donors (Lipinski definition) is 0. The largest absolute Gasteiger partial charge is 0.463 e. The molecule has 0 N–H and O–H groups in total. The summed E-state index contributed by atoms with van der Waals surface area (Å²) in [5.41, 5.74) is 0.645. The first-order chi connectivity index (χ1) is 8.99. The fraction of sp³-hybridized carbons (Fsp3) is 0.538. The molecule has 106 valence electrons. The Kier molecular flexibility index (Phi) is 5.57. The molecule has 0 aliphatic carbocycles. The van der Waals surface area contributed by atoms with Crippen LogP contribution in [0.15, 0.2) is 10.5 Å². The summed E-state index contributed by atoms with van der Waals surface area (Å²) in [5, 5.41) is 0. The van der Waals surface area contributed by atoms with Crippen molar-refractivity contribution in [2.24, 2.45) is 0 Å². The van der Waals surface area contributed by atoms with E-state index in [2.05, 4.69) is 4.74 Å². The standard InChI is InChI=1S/C13H18O6/c1-8(2)9-7-10(12(15)17-4)18-13(9)19-11(14)5-6-16-3/h7-8H,5-6H2,1-4H3. The molecule has 0 spiro atoms. The molecule has 6 heteroatoms. The lowest BCUT2D eigenvalue weighted by molar-refractivity contribution is -0.136. The van der Waals surface area contributed by atoms with Gasteiger partial charge in [0.1, 0.15) is 0 Å². The summed E-state index contributed by atoms with van der Waals surface area (Å²) >= 11 is 0. The molecule has 1 aromatic rings. The number of esters is 2. The summed E-state index contributed by atoms with van der Waals surface area (Å²) in [5.74, 6) is -0.986. The Morgan fingerprint density at radius 2 is 2.00 bits per heavy atom. The minimum absolute atomic E-state index is 0.0146. The first-order valence-corrected chi connectivity index (χ1v) is 5.91. The number of ether oxygens (including phenoxy) is 3. The SMILES string of the molecule is COCCC(=O)Oc1oc(C(=O)OC)cc1C(C)C. The third-order valence-electron chi connectivity index (χ3n) is 2.45. The van der Waals surface area contributed by atoms with Crippen molar-refractivity contribution in [2.45, 2.75) is 26.2 Å². The minimum Gasteiger partial charge on any atom is -0.463 e. The van der Waals surface area contributed by atoms with Crippen LogP contribution in [0.2, 0.25) is 0 Å². The lowest BCUT2D eigenvalue weighted by Crippen LogP contribution is -2.11. The van der Waals surface area contributed by atoms with Crippen molar-refractivity contribution >= 4 is 11.9 Å². The lowest BCUT2D eigenvalue weighted by Gasteiger charge is -2.05. The molecule has 0 saturated heterocycles. The zero-order valence-electron chi connectivity index (χ0n) is 11.5. The van der Waals surface area contributed by atoms with E-state index in [0.717, 1.165) is 0 Å². The van der Waals surface area contributed by atoms with Gasteiger partial charge in [0.15, 0.2) is 0 Å². The summed E-state index contributed by atoms with van der Waals surface area (Å²) in [4.78, 5) is 22.9. The second kappa shape index (κ2) is 6.94. The molecule has 0 fully saturated rings. The third-order valence-corrected chi connectivity index (χ3v) is 2.45. The molecular weight excluding hydrogens is 252 g/mol. The Labute approximate surface area is 111 Å². The smallest absolute Gasteiger partial charge is 0.374 e. The van der Waals surface area contributed by atoms with Gasteiger partial charge < -0.3 is 18.6 Å². The van der Waals surface area contributed by atoms with E-state index < -0.39 is 11.9 Å². The number of carbonyl (C=O) groups is 2. The van der Waals surface area contributed by atoms with Crippen molar-refractivity contribution < 1.29 is 28.2 Å². The van der Waals surface area contributed by atoms with E-state index in [0.29, 0.717) is 5.56 Å². The molecule has 1 rings (SSSR count). The van der Waals surface area contributed by atoms with E-state index in [-0.39, 0.29) is 30.7 Å². The molecule has 1 aromatic heterocycles. The maximum absolute atomic E-state index is 11.5. The zero-order chi connectivity index (χ0) is 14.4. The van der Waals surface area contributed by atoms with Gasteiger partial charge >= 0.3 is 11.9 Å². The fourth-order valence-corrected chi connectivity index (χ4v) is 1.41. The zero-order valence-corrected chi connectivity index (χ0v) is 11.5. The summed E-state index contributed by atoms with van der Waals surface area (Å²) < 4.78 is 19.7. The molecule has 0 atom stereocenters. The lowest BCUT2D eigenvalue weighted by atomic mass is 10.1. The predicted octanol–water partition coefficient (Wildman–Crippen LogP) is 2.13. The number of furan rings is 1. The molecule has 0 amide bonds. The van der Waals surface area contributed by atoms with Gasteiger partial charge in [0, 0.05) is 12.7 Å². The first-order valence-electron chi connectivity index (χ1n) is 5.91. The van der Waals surface area contributed by atoms with Crippen LogP contribution in [0.3, 0.4) is 0 Å². The molecule has 0 bridgehead atoms. The number of methoxy groups -OCH3 is 2. The van der Waals surface area contributed by atoms with Gasteiger partial charge in [-0.05, 0) is 12.0 Å². The molecule has 0 radical (unpaired) electrons. The number of hydrogen-bond acceptors (Lipinski definition) is 6. The average Bonchev–Trinajstić information content (AvgIpc) is 2.79. The average molecular weight is 270 g/mol. The fourth-order valence-electron chi connectivity index (χ4n) is 1.41. The van der Waals surface area contributed by atoms with Crippen molar-refractivity contribution in [1.29, 1.82) is 0 Å². The van der Waals surface area contributed by atoms with Crippen molar-refractivity contribution in [3.8, 4) is 5.95 Å². The van der Waals surface area contributed by atoms with Crippen LogP contribution in [0.4, 0.5) is 0 Å². The highest BCUT2D eigenvalue weighted by Gasteiger charge is 2.22. The predicted molar refractivity (Wildman–Crippen MR) is 66.3 cm³/mol. The van der Waals surface area contributed by atoms with Gasteiger partial charge in [-0.2, -0.15) is 0 Å². The quantitative estimate of drug-likeness (QED) is 0.737. The van der Waals surface area contributed by atoms with Gasteiger partial charge in [0.25, 0.3) is 5.95 Å². The van der Waals surface area contributed by atoms with Gasteiger partial charge in [0.2, 0.25) is 5.76 Å². The Hall–Kier alpha value is -1.82. The summed E-state index contributed by atoms with van der Waals surface area (Å²) in [6.45, 7) is 4.07. The monoisotopic (exact) mass is 270 g/mol. The molecule has 0 aliphatic heterocycles.